The lowest BCUT2D eigenvalue weighted by Crippen LogP contribution is -2.46. The van der Waals surface area contributed by atoms with Crippen LogP contribution in [-0.2, 0) is 4.79 Å². The molecular weight excluding hydrogens is 321 g/mol. The molecule has 1 saturated carbocycles. The Hall–Kier alpha value is -0.0300. The fraction of sp³-hybridized carbons (Fsp3) is 0.938. The van der Waals surface area contributed by atoms with Gasteiger partial charge in [-0.1, -0.05) is 19.3 Å². The lowest BCUT2D eigenvalue weighted by atomic mass is 9.71. The van der Waals surface area contributed by atoms with Gasteiger partial charge in [-0.05, 0) is 51.7 Å². The number of piperidine rings is 1. The number of likely N-dealkylation sites (tertiary alicyclic amines) is 1. The van der Waals surface area contributed by atoms with Gasteiger partial charge in [0.05, 0.1) is 0 Å². The van der Waals surface area contributed by atoms with Gasteiger partial charge in [0.25, 0.3) is 0 Å². The highest BCUT2D eigenvalue weighted by molar-refractivity contribution is 5.85. The first-order chi connectivity index (χ1) is 9.56. The van der Waals surface area contributed by atoms with Crippen molar-refractivity contribution in [3.8, 4) is 0 Å². The molecule has 1 heterocycles. The van der Waals surface area contributed by atoms with Crippen molar-refractivity contribution >= 4 is 30.7 Å². The normalized spacial score (nSPS) is 21.9. The van der Waals surface area contributed by atoms with Gasteiger partial charge in [0.15, 0.2) is 0 Å². The van der Waals surface area contributed by atoms with Gasteiger partial charge in [-0.3, -0.25) is 4.79 Å². The summed E-state index contributed by atoms with van der Waals surface area (Å²) in [6.45, 7) is 2.51. The Bertz CT molecular complexity index is 325. The molecule has 2 rings (SSSR count). The lowest BCUT2D eigenvalue weighted by molar-refractivity contribution is -0.135. The number of amides is 1. The molecule has 1 aliphatic heterocycles. The van der Waals surface area contributed by atoms with Crippen LogP contribution in [0.5, 0.6) is 0 Å². The standard InChI is InChI=1S/C16H31N3O.2ClH/c1-18(2)14-6-10-19(11-7-14)15(20)12-16(13-17)8-4-3-5-9-16;;/h14H,3-13,17H2,1-2H3;2*1H. The number of rotatable bonds is 4. The third kappa shape index (κ3) is 5.55. The molecule has 1 aliphatic carbocycles. The van der Waals surface area contributed by atoms with E-state index < -0.39 is 0 Å². The molecule has 6 heteroatoms. The third-order valence-corrected chi connectivity index (χ3v) is 5.42. The van der Waals surface area contributed by atoms with Crippen LogP contribution in [-0.4, -0.2) is 55.5 Å². The van der Waals surface area contributed by atoms with Crippen molar-refractivity contribution in [2.75, 3.05) is 33.7 Å². The first-order valence-corrected chi connectivity index (χ1v) is 8.21. The second-order valence-electron chi connectivity index (χ2n) is 7.02. The van der Waals surface area contributed by atoms with Crippen molar-refractivity contribution in [3.05, 3.63) is 0 Å². The average Bonchev–Trinajstić information content (AvgIpc) is 2.48. The van der Waals surface area contributed by atoms with Crippen LogP contribution in [0.1, 0.15) is 51.4 Å². The Morgan fingerprint density at radius 1 is 1.14 bits per heavy atom. The molecule has 2 fully saturated rings. The van der Waals surface area contributed by atoms with E-state index in [-0.39, 0.29) is 30.2 Å². The van der Waals surface area contributed by atoms with Crippen molar-refractivity contribution in [3.63, 3.8) is 0 Å². The molecule has 0 radical (unpaired) electrons. The van der Waals surface area contributed by atoms with Crippen molar-refractivity contribution in [1.82, 2.24) is 9.80 Å². The molecule has 2 aliphatic rings. The number of halogens is 2. The maximum absolute atomic E-state index is 12.6. The first kappa shape index (κ1) is 22.0. The summed E-state index contributed by atoms with van der Waals surface area (Å²) in [6, 6.07) is 0.636. The number of nitrogens with two attached hydrogens (primary N) is 1. The number of nitrogens with zero attached hydrogens (tertiary/aromatic N) is 2. The SMILES string of the molecule is CN(C)C1CCN(C(=O)CC2(CN)CCCCC2)CC1.Cl.Cl. The molecule has 0 aromatic heterocycles. The fourth-order valence-electron chi connectivity index (χ4n) is 3.82. The molecule has 22 heavy (non-hydrogen) atoms. The Morgan fingerprint density at radius 2 is 1.68 bits per heavy atom. The zero-order valence-corrected chi connectivity index (χ0v) is 15.7. The zero-order valence-electron chi connectivity index (χ0n) is 14.1. The maximum Gasteiger partial charge on any atom is 0.223 e. The summed E-state index contributed by atoms with van der Waals surface area (Å²) in [6.07, 6.45) is 8.97. The Morgan fingerprint density at radius 3 is 2.14 bits per heavy atom. The Labute approximate surface area is 148 Å². The molecule has 1 amide bonds. The molecular formula is C16H33Cl2N3O. The molecule has 0 spiro atoms. The van der Waals surface area contributed by atoms with Gasteiger partial charge in [-0.2, -0.15) is 0 Å². The first-order valence-electron chi connectivity index (χ1n) is 8.21. The van der Waals surface area contributed by atoms with Crippen LogP contribution in [0.3, 0.4) is 0 Å². The second-order valence-corrected chi connectivity index (χ2v) is 7.02. The Kier molecular flexibility index (Phi) is 9.95. The molecule has 132 valence electrons. The summed E-state index contributed by atoms with van der Waals surface area (Å²) < 4.78 is 0. The predicted molar refractivity (Wildman–Crippen MR) is 97.0 cm³/mol. The number of carbonyl (C=O) groups is 1. The van der Waals surface area contributed by atoms with E-state index in [1.165, 1.54) is 19.3 Å². The molecule has 4 nitrogen and oxygen atoms in total. The highest BCUT2D eigenvalue weighted by Crippen LogP contribution is 2.39. The Balaban J connectivity index is 0.00000220. The smallest absolute Gasteiger partial charge is 0.223 e. The molecule has 0 aromatic carbocycles. The van der Waals surface area contributed by atoms with E-state index in [1.54, 1.807) is 0 Å². The maximum atomic E-state index is 12.6. The van der Waals surface area contributed by atoms with Gasteiger partial charge >= 0.3 is 0 Å². The molecule has 0 atom stereocenters. The summed E-state index contributed by atoms with van der Waals surface area (Å²) in [4.78, 5) is 16.9. The number of hydrogen-bond acceptors (Lipinski definition) is 3. The molecule has 0 aromatic rings. The van der Waals surface area contributed by atoms with Gasteiger partial charge in [0, 0.05) is 25.6 Å². The second kappa shape index (κ2) is 9.96. The lowest BCUT2D eigenvalue weighted by Gasteiger charge is -2.40. The highest BCUT2D eigenvalue weighted by atomic mass is 35.5. The highest BCUT2D eigenvalue weighted by Gasteiger charge is 2.35. The summed E-state index contributed by atoms with van der Waals surface area (Å²) in [7, 11) is 4.27. The van der Waals surface area contributed by atoms with Crippen LogP contribution < -0.4 is 5.73 Å². The van der Waals surface area contributed by atoms with E-state index >= 15 is 0 Å². The summed E-state index contributed by atoms with van der Waals surface area (Å²) in [5.74, 6) is 0.342. The topological polar surface area (TPSA) is 49.6 Å². The molecule has 0 bridgehead atoms. The molecule has 2 N–H and O–H groups in total. The van der Waals surface area contributed by atoms with Gasteiger partial charge in [-0.25, -0.2) is 0 Å². The van der Waals surface area contributed by atoms with Crippen LogP contribution in [0.25, 0.3) is 0 Å². The zero-order chi connectivity index (χ0) is 14.6. The van der Waals surface area contributed by atoms with Crippen molar-refractivity contribution in [1.29, 1.82) is 0 Å². The van der Waals surface area contributed by atoms with Crippen molar-refractivity contribution in [2.24, 2.45) is 11.1 Å². The molecule has 1 saturated heterocycles. The minimum Gasteiger partial charge on any atom is -0.343 e. The van der Waals surface area contributed by atoms with Crippen LogP contribution in [0.2, 0.25) is 0 Å². The third-order valence-electron chi connectivity index (χ3n) is 5.42. The minimum atomic E-state index is 0. The summed E-state index contributed by atoms with van der Waals surface area (Å²) in [5.41, 5.74) is 6.11. The predicted octanol–water partition coefficient (Wildman–Crippen LogP) is 2.68. The number of carbonyl (C=O) groups excluding carboxylic acids is 1. The monoisotopic (exact) mass is 353 g/mol. The van der Waals surface area contributed by atoms with Crippen molar-refractivity contribution < 1.29 is 4.79 Å². The van der Waals surface area contributed by atoms with Gasteiger partial charge in [0.2, 0.25) is 5.91 Å². The van der Waals surface area contributed by atoms with E-state index in [0.717, 1.165) is 38.8 Å². The van der Waals surface area contributed by atoms with E-state index in [1.807, 2.05) is 0 Å². The van der Waals surface area contributed by atoms with E-state index in [0.29, 0.717) is 24.9 Å². The quantitative estimate of drug-likeness (QED) is 0.845. The van der Waals surface area contributed by atoms with E-state index in [2.05, 4.69) is 23.9 Å². The minimum absolute atomic E-state index is 0. The average molecular weight is 354 g/mol. The largest absolute Gasteiger partial charge is 0.343 e. The van der Waals surface area contributed by atoms with Gasteiger partial charge in [-0.15, -0.1) is 24.8 Å². The summed E-state index contributed by atoms with van der Waals surface area (Å²) in [5, 5.41) is 0. The van der Waals surface area contributed by atoms with E-state index in [9.17, 15) is 4.79 Å². The van der Waals surface area contributed by atoms with Crippen LogP contribution in [0, 0.1) is 5.41 Å². The fourth-order valence-corrected chi connectivity index (χ4v) is 3.82. The van der Waals surface area contributed by atoms with Gasteiger partial charge < -0.3 is 15.5 Å². The number of hydrogen-bond donors (Lipinski definition) is 1. The molecule has 0 unspecified atom stereocenters. The van der Waals surface area contributed by atoms with Crippen LogP contribution >= 0.6 is 24.8 Å². The van der Waals surface area contributed by atoms with Gasteiger partial charge in [0.1, 0.15) is 0 Å². The van der Waals surface area contributed by atoms with E-state index in [4.69, 9.17) is 5.73 Å². The van der Waals surface area contributed by atoms with Crippen LogP contribution in [0.4, 0.5) is 0 Å². The van der Waals surface area contributed by atoms with Crippen molar-refractivity contribution in [2.45, 2.75) is 57.4 Å². The van der Waals surface area contributed by atoms with Crippen LogP contribution in [0.15, 0.2) is 0 Å². The summed E-state index contributed by atoms with van der Waals surface area (Å²) >= 11 is 0.